The van der Waals surface area contributed by atoms with Gasteiger partial charge < -0.3 is 9.67 Å². The molecule has 2 aromatic carbocycles. The van der Waals surface area contributed by atoms with Crippen LogP contribution in [-0.2, 0) is 23.2 Å². The van der Waals surface area contributed by atoms with E-state index < -0.39 is 11.4 Å². The highest BCUT2D eigenvalue weighted by Crippen LogP contribution is 2.42. The van der Waals surface area contributed by atoms with Crippen LogP contribution in [0, 0.1) is 0 Å². The maximum absolute atomic E-state index is 11.8. The summed E-state index contributed by atoms with van der Waals surface area (Å²) in [7, 11) is 0. The average molecular weight is 475 g/mol. The Labute approximate surface area is 204 Å². The van der Waals surface area contributed by atoms with Gasteiger partial charge in [0.05, 0.1) is 0 Å². The van der Waals surface area contributed by atoms with E-state index in [-0.39, 0.29) is 5.15 Å². The molecule has 0 radical (unpaired) electrons. The summed E-state index contributed by atoms with van der Waals surface area (Å²) >= 11 is 6.22. The zero-order valence-corrected chi connectivity index (χ0v) is 19.8. The lowest BCUT2D eigenvalue weighted by Gasteiger charge is -2.34. The molecule has 1 aliphatic rings. The fourth-order valence-electron chi connectivity index (χ4n) is 4.58. The van der Waals surface area contributed by atoms with Crippen LogP contribution in [0.1, 0.15) is 59.2 Å². The topological polar surface area (TPSA) is 72.2 Å². The van der Waals surface area contributed by atoms with Crippen molar-refractivity contribution in [2.45, 2.75) is 44.6 Å². The molecule has 1 atom stereocenters. The second-order valence-corrected chi connectivity index (χ2v) is 8.94. The van der Waals surface area contributed by atoms with Gasteiger partial charge >= 0.3 is 5.97 Å². The molecule has 0 saturated carbocycles. The van der Waals surface area contributed by atoms with Crippen molar-refractivity contribution >= 4 is 23.9 Å². The molecule has 34 heavy (non-hydrogen) atoms. The standard InChI is InChI=1S/C28H27ClN2O3/c1-2-3-11-25-30-26(29)24(19-32)31(25)18-20-12-14-23(15-13-20)28(22-9-5-4-6-10-22)16-7-8-21(17-28)27(33)34/h4-10,12-16,19H,2-3,11,17-18H2,1H3,(H,33,34). The molecule has 0 saturated heterocycles. The maximum Gasteiger partial charge on any atom is 0.331 e. The van der Waals surface area contributed by atoms with Gasteiger partial charge in [-0.2, -0.15) is 0 Å². The van der Waals surface area contributed by atoms with Crippen molar-refractivity contribution in [3.63, 3.8) is 0 Å². The molecule has 3 aromatic rings. The second kappa shape index (κ2) is 10.2. The molecular formula is C28H27ClN2O3. The first-order valence-corrected chi connectivity index (χ1v) is 11.8. The Kier molecular flexibility index (Phi) is 7.13. The largest absolute Gasteiger partial charge is 0.478 e. The van der Waals surface area contributed by atoms with Gasteiger partial charge in [0, 0.05) is 24.0 Å². The molecule has 1 unspecified atom stereocenters. The highest BCUT2D eigenvalue weighted by molar-refractivity contribution is 6.31. The molecule has 174 valence electrons. The number of hydrogen-bond donors (Lipinski definition) is 1. The summed E-state index contributed by atoms with van der Waals surface area (Å²) in [6.45, 7) is 2.60. The fraction of sp³-hybridized carbons (Fsp3) is 0.250. The molecule has 0 amide bonds. The van der Waals surface area contributed by atoms with E-state index in [1.807, 2.05) is 65.2 Å². The number of nitrogens with zero attached hydrogens (tertiary/aromatic N) is 2. The number of rotatable bonds is 9. The van der Waals surface area contributed by atoms with Crippen molar-refractivity contribution in [1.82, 2.24) is 9.55 Å². The normalized spacial score (nSPS) is 17.4. The summed E-state index contributed by atoms with van der Waals surface area (Å²) in [4.78, 5) is 27.9. The van der Waals surface area contributed by atoms with E-state index in [9.17, 15) is 14.7 Å². The minimum Gasteiger partial charge on any atom is -0.478 e. The van der Waals surface area contributed by atoms with Crippen molar-refractivity contribution in [1.29, 1.82) is 0 Å². The van der Waals surface area contributed by atoms with Crippen LogP contribution < -0.4 is 0 Å². The summed E-state index contributed by atoms with van der Waals surface area (Å²) in [6, 6.07) is 18.1. The van der Waals surface area contributed by atoms with E-state index in [0.717, 1.165) is 48.1 Å². The van der Waals surface area contributed by atoms with Crippen LogP contribution in [0.4, 0.5) is 0 Å². The van der Waals surface area contributed by atoms with E-state index in [4.69, 9.17) is 11.6 Å². The number of benzene rings is 2. The molecule has 6 heteroatoms. The number of carboxylic acids is 1. The van der Waals surface area contributed by atoms with Crippen molar-refractivity contribution in [3.8, 4) is 0 Å². The summed E-state index contributed by atoms with van der Waals surface area (Å²) in [5, 5.41) is 9.90. The number of imidazole rings is 1. The summed E-state index contributed by atoms with van der Waals surface area (Å²) in [5.74, 6) is -0.0931. The lowest BCUT2D eigenvalue weighted by molar-refractivity contribution is -0.132. The van der Waals surface area contributed by atoms with Crippen LogP contribution in [0.15, 0.2) is 78.4 Å². The smallest absolute Gasteiger partial charge is 0.331 e. The first-order valence-electron chi connectivity index (χ1n) is 11.4. The fourth-order valence-corrected chi connectivity index (χ4v) is 4.82. The predicted octanol–water partition coefficient (Wildman–Crippen LogP) is 6.00. The number of unbranched alkanes of at least 4 members (excludes halogenated alkanes) is 1. The van der Waals surface area contributed by atoms with E-state index >= 15 is 0 Å². The third-order valence-electron chi connectivity index (χ3n) is 6.43. The quantitative estimate of drug-likeness (QED) is 0.386. The van der Waals surface area contributed by atoms with Gasteiger partial charge in [0.25, 0.3) is 0 Å². The first kappa shape index (κ1) is 23.7. The summed E-state index contributed by atoms with van der Waals surface area (Å²) < 4.78 is 1.89. The highest BCUT2D eigenvalue weighted by atomic mass is 35.5. The number of allylic oxidation sites excluding steroid dienone is 3. The van der Waals surface area contributed by atoms with E-state index in [2.05, 4.69) is 18.0 Å². The second-order valence-electron chi connectivity index (χ2n) is 8.58. The first-order chi connectivity index (χ1) is 16.5. The molecule has 4 rings (SSSR count). The van der Waals surface area contributed by atoms with Crippen molar-refractivity contribution in [2.24, 2.45) is 0 Å². The van der Waals surface area contributed by atoms with E-state index in [0.29, 0.717) is 24.2 Å². The van der Waals surface area contributed by atoms with Crippen LogP contribution in [0.25, 0.3) is 0 Å². The van der Waals surface area contributed by atoms with Crippen LogP contribution in [0.3, 0.4) is 0 Å². The van der Waals surface area contributed by atoms with Gasteiger partial charge in [-0.3, -0.25) is 4.79 Å². The molecule has 1 aliphatic carbocycles. The summed E-state index contributed by atoms with van der Waals surface area (Å²) in [6.07, 6.45) is 9.46. The molecule has 1 N–H and O–H groups in total. The average Bonchev–Trinajstić information content (AvgIpc) is 3.17. The Morgan fingerprint density at radius 1 is 1.15 bits per heavy atom. The van der Waals surface area contributed by atoms with Gasteiger partial charge in [-0.1, -0.05) is 97.8 Å². The van der Waals surface area contributed by atoms with E-state index in [1.54, 1.807) is 6.08 Å². The number of halogens is 1. The van der Waals surface area contributed by atoms with Gasteiger partial charge in [0.15, 0.2) is 11.4 Å². The van der Waals surface area contributed by atoms with Gasteiger partial charge in [-0.05, 0) is 29.5 Å². The number of aldehydes is 1. The molecule has 0 aliphatic heterocycles. The zero-order valence-electron chi connectivity index (χ0n) is 19.1. The zero-order chi connectivity index (χ0) is 24.1. The Hall–Kier alpha value is -3.44. The number of carbonyl (C=O) groups excluding carboxylic acids is 1. The highest BCUT2D eigenvalue weighted by Gasteiger charge is 2.35. The Morgan fingerprint density at radius 3 is 2.50 bits per heavy atom. The van der Waals surface area contributed by atoms with Crippen LogP contribution in [-0.4, -0.2) is 26.9 Å². The minimum absolute atomic E-state index is 0.237. The Balaban J connectivity index is 1.69. The lowest BCUT2D eigenvalue weighted by Crippen LogP contribution is -2.29. The molecular weight excluding hydrogens is 448 g/mol. The number of hydrogen-bond acceptors (Lipinski definition) is 3. The molecule has 0 bridgehead atoms. The Bertz CT molecular complexity index is 1240. The number of aliphatic carboxylic acids is 1. The van der Waals surface area contributed by atoms with Gasteiger partial charge in [0.2, 0.25) is 0 Å². The van der Waals surface area contributed by atoms with Gasteiger partial charge in [0.1, 0.15) is 11.5 Å². The summed E-state index contributed by atoms with van der Waals surface area (Å²) in [5.41, 5.74) is 3.26. The van der Waals surface area contributed by atoms with Gasteiger partial charge in [-0.25, -0.2) is 9.78 Å². The van der Waals surface area contributed by atoms with Crippen molar-refractivity contribution in [2.75, 3.05) is 0 Å². The molecule has 0 fully saturated rings. The molecule has 1 aromatic heterocycles. The predicted molar refractivity (Wildman–Crippen MR) is 133 cm³/mol. The number of carboxylic acid groups (broad SMARTS) is 1. The van der Waals surface area contributed by atoms with Gasteiger partial charge in [-0.15, -0.1) is 0 Å². The molecule has 5 nitrogen and oxygen atoms in total. The third-order valence-corrected chi connectivity index (χ3v) is 6.71. The monoisotopic (exact) mass is 474 g/mol. The van der Waals surface area contributed by atoms with Crippen LogP contribution in [0.5, 0.6) is 0 Å². The van der Waals surface area contributed by atoms with Crippen molar-refractivity contribution < 1.29 is 14.7 Å². The number of carbonyl (C=O) groups is 2. The lowest BCUT2D eigenvalue weighted by atomic mass is 9.68. The number of aromatic nitrogens is 2. The Morgan fingerprint density at radius 2 is 1.85 bits per heavy atom. The van der Waals surface area contributed by atoms with E-state index in [1.165, 1.54) is 0 Å². The van der Waals surface area contributed by atoms with Crippen LogP contribution in [0.2, 0.25) is 5.15 Å². The SMILES string of the molecule is CCCCc1nc(Cl)c(C=O)n1Cc1ccc(C2(c3ccccc3)C=CC=C(C(=O)O)C2)cc1. The molecule has 0 spiro atoms. The minimum atomic E-state index is -0.903. The molecule has 1 heterocycles. The van der Waals surface area contributed by atoms with Crippen LogP contribution >= 0.6 is 11.6 Å². The third kappa shape index (κ3) is 4.62. The number of aryl methyl sites for hydroxylation is 1. The maximum atomic E-state index is 11.8. The van der Waals surface area contributed by atoms with Crippen molar-refractivity contribution in [3.05, 3.63) is 112 Å².